The maximum atomic E-state index is 13.3. The van der Waals surface area contributed by atoms with Gasteiger partial charge in [-0.3, -0.25) is 9.59 Å². The number of likely N-dealkylation sites (tertiary alicyclic amines) is 1. The summed E-state index contributed by atoms with van der Waals surface area (Å²) in [6.45, 7) is 0.453. The van der Waals surface area contributed by atoms with Crippen LogP contribution in [0.15, 0.2) is 24.3 Å². The first-order valence-electron chi connectivity index (χ1n) is 9.82. The fourth-order valence-corrected chi connectivity index (χ4v) is 4.14. The molecule has 1 heterocycles. The highest BCUT2D eigenvalue weighted by Crippen LogP contribution is 2.32. The van der Waals surface area contributed by atoms with E-state index in [9.17, 15) is 27.2 Å². The van der Waals surface area contributed by atoms with Crippen LogP contribution in [0.2, 0.25) is 0 Å². The Labute approximate surface area is 166 Å². The Bertz CT molecular complexity index is 747. The van der Waals surface area contributed by atoms with Crippen molar-refractivity contribution in [1.82, 2.24) is 10.2 Å². The number of nitrogens with two attached hydrogens (primary N) is 1. The number of hydrogen-bond donors (Lipinski definition) is 2. The zero-order chi connectivity index (χ0) is 21.2. The van der Waals surface area contributed by atoms with Gasteiger partial charge >= 0.3 is 6.18 Å². The van der Waals surface area contributed by atoms with Gasteiger partial charge in [-0.15, -0.1) is 0 Å². The molecule has 5 nitrogen and oxygen atoms in total. The molecule has 2 aliphatic rings. The van der Waals surface area contributed by atoms with Gasteiger partial charge in [-0.25, -0.2) is 4.39 Å². The van der Waals surface area contributed by atoms with Gasteiger partial charge < -0.3 is 16.0 Å². The molecule has 0 radical (unpaired) electrons. The summed E-state index contributed by atoms with van der Waals surface area (Å²) in [7, 11) is 0. The van der Waals surface area contributed by atoms with Crippen LogP contribution >= 0.6 is 0 Å². The van der Waals surface area contributed by atoms with Crippen LogP contribution in [0.25, 0.3) is 0 Å². The number of halogens is 4. The predicted molar refractivity (Wildman–Crippen MR) is 98.7 cm³/mol. The molecule has 0 unspecified atom stereocenters. The molecule has 29 heavy (non-hydrogen) atoms. The molecule has 1 saturated carbocycles. The van der Waals surface area contributed by atoms with Gasteiger partial charge in [0.25, 0.3) is 5.91 Å². The molecular formula is C20H25F4N3O2. The lowest BCUT2D eigenvalue weighted by Gasteiger charge is -2.33. The van der Waals surface area contributed by atoms with Crippen molar-refractivity contribution in [3.63, 3.8) is 0 Å². The van der Waals surface area contributed by atoms with E-state index in [-0.39, 0.29) is 24.4 Å². The molecule has 0 spiro atoms. The zero-order valence-electron chi connectivity index (χ0n) is 15.9. The second kappa shape index (κ2) is 8.69. The first-order chi connectivity index (χ1) is 13.7. The third-order valence-corrected chi connectivity index (χ3v) is 5.82. The molecule has 160 valence electrons. The molecule has 3 N–H and O–H groups in total. The van der Waals surface area contributed by atoms with Crippen LogP contribution in [-0.4, -0.2) is 48.1 Å². The third kappa shape index (κ3) is 5.07. The molecule has 2 fully saturated rings. The van der Waals surface area contributed by atoms with Gasteiger partial charge in [0.15, 0.2) is 0 Å². The number of nitrogens with zero attached hydrogens (tertiary/aromatic N) is 1. The van der Waals surface area contributed by atoms with Crippen molar-refractivity contribution in [3.05, 3.63) is 35.4 Å². The van der Waals surface area contributed by atoms with Crippen molar-refractivity contribution in [2.24, 2.45) is 11.7 Å². The Morgan fingerprint density at radius 1 is 1.10 bits per heavy atom. The van der Waals surface area contributed by atoms with Gasteiger partial charge in [-0.1, -0.05) is 12.1 Å². The number of benzene rings is 1. The van der Waals surface area contributed by atoms with Crippen LogP contribution in [0.3, 0.4) is 0 Å². The number of amides is 2. The lowest BCUT2D eigenvalue weighted by Crippen LogP contribution is -2.49. The fourth-order valence-electron chi connectivity index (χ4n) is 4.14. The maximum absolute atomic E-state index is 13.3. The number of carbonyl (C=O) groups excluding carboxylic acids is 2. The summed E-state index contributed by atoms with van der Waals surface area (Å²) < 4.78 is 52.6. The smallest absolute Gasteiger partial charge is 0.349 e. The number of hydrogen-bond acceptors (Lipinski definition) is 3. The first-order valence-corrected chi connectivity index (χ1v) is 9.82. The zero-order valence-corrected chi connectivity index (χ0v) is 15.9. The van der Waals surface area contributed by atoms with E-state index in [4.69, 9.17) is 5.73 Å². The SMILES string of the molecule is N[C@H](C(=O)N1CC[C@H](F)C1)C1CCC(NC(=O)c2ccccc2C(F)(F)F)CC1. The quantitative estimate of drug-likeness (QED) is 0.743. The molecule has 1 aliphatic heterocycles. The summed E-state index contributed by atoms with van der Waals surface area (Å²) in [6.07, 6.45) is -3.08. The molecule has 1 saturated heterocycles. The molecule has 1 aromatic carbocycles. The second-order valence-corrected chi connectivity index (χ2v) is 7.82. The van der Waals surface area contributed by atoms with E-state index in [0.29, 0.717) is 38.6 Å². The van der Waals surface area contributed by atoms with Crippen molar-refractivity contribution < 1.29 is 27.2 Å². The molecule has 1 aromatic rings. The topological polar surface area (TPSA) is 75.4 Å². The normalized spacial score (nSPS) is 26.2. The molecule has 2 amide bonds. The van der Waals surface area contributed by atoms with Crippen molar-refractivity contribution in [3.8, 4) is 0 Å². The van der Waals surface area contributed by atoms with Crippen molar-refractivity contribution >= 4 is 11.8 Å². The Hall–Kier alpha value is -2.16. The van der Waals surface area contributed by atoms with Crippen LogP contribution in [0.4, 0.5) is 17.6 Å². The average molecular weight is 415 g/mol. The van der Waals surface area contributed by atoms with E-state index in [2.05, 4.69) is 5.32 Å². The summed E-state index contributed by atoms with van der Waals surface area (Å²) in [4.78, 5) is 26.3. The van der Waals surface area contributed by atoms with Crippen molar-refractivity contribution in [1.29, 1.82) is 0 Å². The predicted octanol–water partition coefficient (Wildman–Crippen LogP) is 2.89. The Kier molecular flexibility index (Phi) is 6.45. The molecule has 0 aromatic heterocycles. The average Bonchev–Trinajstić information content (AvgIpc) is 3.13. The van der Waals surface area contributed by atoms with Gasteiger partial charge in [0.05, 0.1) is 23.7 Å². The molecular weight excluding hydrogens is 390 g/mol. The highest BCUT2D eigenvalue weighted by Gasteiger charge is 2.37. The van der Waals surface area contributed by atoms with Crippen molar-refractivity contribution in [2.75, 3.05) is 13.1 Å². The highest BCUT2D eigenvalue weighted by atomic mass is 19.4. The summed E-state index contributed by atoms with van der Waals surface area (Å²) in [6, 6.07) is 3.69. The molecule has 1 aliphatic carbocycles. The Balaban J connectivity index is 1.54. The van der Waals surface area contributed by atoms with E-state index in [1.807, 2.05) is 0 Å². The molecule has 0 bridgehead atoms. The summed E-state index contributed by atoms with van der Waals surface area (Å²) in [5, 5.41) is 2.67. The standard InChI is InChI=1S/C20H25F4N3O2/c21-13-9-10-27(11-13)19(29)17(25)12-5-7-14(8-6-12)26-18(28)15-3-1-2-4-16(15)20(22,23)24/h1-4,12-14,17H,5-11,25H2,(H,26,28)/t12?,13-,14?,17-/m0/s1. The monoisotopic (exact) mass is 415 g/mol. The van der Waals surface area contributed by atoms with E-state index in [1.165, 1.54) is 17.0 Å². The number of carbonyl (C=O) groups is 2. The summed E-state index contributed by atoms with van der Waals surface area (Å²) >= 11 is 0. The van der Waals surface area contributed by atoms with Gasteiger partial charge in [0, 0.05) is 12.6 Å². The third-order valence-electron chi connectivity index (χ3n) is 5.82. The van der Waals surface area contributed by atoms with Crippen LogP contribution in [0.5, 0.6) is 0 Å². The molecule has 9 heteroatoms. The maximum Gasteiger partial charge on any atom is 0.417 e. The van der Waals surface area contributed by atoms with E-state index < -0.39 is 35.4 Å². The summed E-state index contributed by atoms with van der Waals surface area (Å²) in [5.41, 5.74) is 4.74. The van der Waals surface area contributed by atoms with Crippen LogP contribution < -0.4 is 11.1 Å². The first kappa shape index (κ1) is 21.5. The Morgan fingerprint density at radius 2 is 1.76 bits per heavy atom. The lowest BCUT2D eigenvalue weighted by atomic mass is 9.81. The molecule has 3 rings (SSSR count). The second-order valence-electron chi connectivity index (χ2n) is 7.82. The van der Waals surface area contributed by atoms with Crippen LogP contribution in [0, 0.1) is 5.92 Å². The van der Waals surface area contributed by atoms with Crippen LogP contribution in [-0.2, 0) is 11.0 Å². The number of rotatable bonds is 4. The molecule has 2 atom stereocenters. The van der Waals surface area contributed by atoms with Gasteiger partial charge in [-0.05, 0) is 50.2 Å². The van der Waals surface area contributed by atoms with E-state index in [0.717, 1.165) is 12.1 Å². The van der Waals surface area contributed by atoms with E-state index in [1.54, 1.807) is 0 Å². The van der Waals surface area contributed by atoms with E-state index >= 15 is 0 Å². The lowest BCUT2D eigenvalue weighted by molar-refractivity contribution is -0.138. The summed E-state index contributed by atoms with van der Waals surface area (Å²) in [5.74, 6) is -1.10. The number of nitrogens with one attached hydrogen (secondary N) is 1. The minimum atomic E-state index is -4.60. The van der Waals surface area contributed by atoms with Gasteiger partial charge in [0.1, 0.15) is 6.17 Å². The van der Waals surface area contributed by atoms with Crippen molar-refractivity contribution in [2.45, 2.75) is 56.5 Å². The van der Waals surface area contributed by atoms with Gasteiger partial charge in [-0.2, -0.15) is 13.2 Å². The minimum Gasteiger partial charge on any atom is -0.349 e. The number of alkyl halides is 4. The largest absolute Gasteiger partial charge is 0.417 e. The fraction of sp³-hybridized carbons (Fsp3) is 0.600. The minimum absolute atomic E-state index is 0.0799. The highest BCUT2D eigenvalue weighted by molar-refractivity contribution is 5.96. The van der Waals surface area contributed by atoms with Crippen LogP contribution in [0.1, 0.15) is 48.0 Å². The van der Waals surface area contributed by atoms with Gasteiger partial charge in [0.2, 0.25) is 5.91 Å². The Morgan fingerprint density at radius 3 is 2.34 bits per heavy atom.